The van der Waals surface area contributed by atoms with E-state index in [4.69, 9.17) is 0 Å². The van der Waals surface area contributed by atoms with Gasteiger partial charge >= 0.3 is 0 Å². The molecule has 0 aromatic heterocycles. The minimum Gasteiger partial charge on any atom is -0.314 e. The molecule has 2 unspecified atom stereocenters. The Balaban J connectivity index is 1.81. The third-order valence-corrected chi connectivity index (χ3v) is 4.11. The Hall–Kier alpha value is -0.0400. The molecular formula is C12H23N. The van der Waals surface area contributed by atoms with Crippen LogP contribution < -0.4 is 5.32 Å². The Morgan fingerprint density at radius 2 is 1.62 bits per heavy atom. The fourth-order valence-electron chi connectivity index (χ4n) is 3.09. The average Bonchev–Trinajstić information content (AvgIpc) is 2.53. The van der Waals surface area contributed by atoms with Crippen molar-refractivity contribution in [2.75, 3.05) is 6.54 Å². The Morgan fingerprint density at radius 3 is 2.15 bits per heavy atom. The molecule has 1 saturated heterocycles. The summed E-state index contributed by atoms with van der Waals surface area (Å²) in [5.41, 5.74) is 0. The van der Waals surface area contributed by atoms with E-state index in [1.165, 1.54) is 38.6 Å². The summed E-state index contributed by atoms with van der Waals surface area (Å²) < 4.78 is 0. The predicted octanol–water partition coefficient (Wildman–Crippen LogP) is 2.81. The van der Waals surface area contributed by atoms with Crippen molar-refractivity contribution in [2.24, 2.45) is 17.8 Å². The summed E-state index contributed by atoms with van der Waals surface area (Å²) in [6.07, 6.45) is 7.39. The second kappa shape index (κ2) is 4.00. The molecule has 2 rings (SSSR count). The number of rotatable bonds is 1. The maximum Gasteiger partial charge on any atom is 0.00420 e. The Morgan fingerprint density at radius 1 is 0.923 bits per heavy atom. The molecule has 0 aromatic carbocycles. The van der Waals surface area contributed by atoms with Gasteiger partial charge in [-0.1, -0.05) is 19.8 Å². The molecule has 13 heavy (non-hydrogen) atoms. The molecular weight excluding hydrogens is 158 g/mol. The Kier molecular flexibility index (Phi) is 2.92. The summed E-state index contributed by atoms with van der Waals surface area (Å²) in [6, 6.07) is 0.782. The van der Waals surface area contributed by atoms with Crippen LogP contribution in [0.2, 0.25) is 0 Å². The van der Waals surface area contributed by atoms with Crippen LogP contribution in [0, 0.1) is 17.8 Å². The summed E-state index contributed by atoms with van der Waals surface area (Å²) in [7, 11) is 0. The van der Waals surface area contributed by atoms with Crippen LogP contribution in [0.1, 0.15) is 46.0 Å². The number of nitrogens with one attached hydrogen (secondary N) is 1. The number of hydrogen-bond acceptors (Lipinski definition) is 1. The van der Waals surface area contributed by atoms with Gasteiger partial charge in [0.1, 0.15) is 0 Å². The van der Waals surface area contributed by atoms with Gasteiger partial charge in [-0.2, -0.15) is 0 Å². The fraction of sp³-hybridized carbons (Fsp3) is 1.00. The average molecular weight is 181 g/mol. The van der Waals surface area contributed by atoms with Gasteiger partial charge in [-0.15, -0.1) is 0 Å². The minimum atomic E-state index is 0.782. The molecule has 1 N–H and O–H groups in total. The zero-order valence-electron chi connectivity index (χ0n) is 9.05. The summed E-state index contributed by atoms with van der Waals surface area (Å²) >= 11 is 0. The van der Waals surface area contributed by atoms with E-state index < -0.39 is 0 Å². The van der Waals surface area contributed by atoms with Crippen LogP contribution in [0.15, 0.2) is 0 Å². The van der Waals surface area contributed by atoms with Gasteiger partial charge in [0.15, 0.2) is 0 Å². The van der Waals surface area contributed by atoms with E-state index in [2.05, 4.69) is 19.2 Å². The third kappa shape index (κ3) is 2.25. The van der Waals surface area contributed by atoms with Crippen molar-refractivity contribution in [3.05, 3.63) is 0 Å². The van der Waals surface area contributed by atoms with Gasteiger partial charge in [0.05, 0.1) is 0 Å². The van der Waals surface area contributed by atoms with Crippen LogP contribution in [0.3, 0.4) is 0 Å². The molecule has 0 spiro atoms. The molecule has 1 saturated carbocycles. The predicted molar refractivity (Wildman–Crippen MR) is 56.7 cm³/mol. The van der Waals surface area contributed by atoms with E-state index in [-0.39, 0.29) is 0 Å². The first-order valence-electron chi connectivity index (χ1n) is 5.99. The molecule has 1 heterocycles. The lowest BCUT2D eigenvalue weighted by Gasteiger charge is -2.30. The summed E-state index contributed by atoms with van der Waals surface area (Å²) in [6.45, 7) is 6.03. The normalized spacial score (nSPS) is 46.6. The van der Waals surface area contributed by atoms with E-state index >= 15 is 0 Å². The second-order valence-corrected chi connectivity index (χ2v) is 5.33. The molecule has 0 bridgehead atoms. The van der Waals surface area contributed by atoms with Gasteiger partial charge in [0, 0.05) is 6.04 Å². The first-order chi connectivity index (χ1) is 6.25. The van der Waals surface area contributed by atoms with Crippen molar-refractivity contribution in [3.8, 4) is 0 Å². The van der Waals surface area contributed by atoms with E-state index in [1.54, 1.807) is 0 Å². The molecule has 1 heteroatoms. The van der Waals surface area contributed by atoms with Crippen molar-refractivity contribution in [2.45, 2.75) is 52.0 Å². The van der Waals surface area contributed by atoms with Crippen LogP contribution >= 0.6 is 0 Å². The van der Waals surface area contributed by atoms with Crippen LogP contribution in [-0.2, 0) is 0 Å². The molecule has 0 aromatic rings. The van der Waals surface area contributed by atoms with Crippen molar-refractivity contribution in [1.82, 2.24) is 5.32 Å². The Bertz CT molecular complexity index is 159. The smallest absolute Gasteiger partial charge is 0.00420 e. The molecule has 0 radical (unpaired) electrons. The van der Waals surface area contributed by atoms with Crippen LogP contribution in [0.25, 0.3) is 0 Å². The van der Waals surface area contributed by atoms with Crippen molar-refractivity contribution in [3.63, 3.8) is 0 Å². The molecule has 1 aliphatic carbocycles. The molecule has 0 amide bonds. The van der Waals surface area contributed by atoms with Gasteiger partial charge in [0.25, 0.3) is 0 Å². The highest BCUT2D eigenvalue weighted by Crippen LogP contribution is 2.36. The molecule has 2 atom stereocenters. The van der Waals surface area contributed by atoms with Crippen LogP contribution in [0.4, 0.5) is 0 Å². The van der Waals surface area contributed by atoms with Crippen molar-refractivity contribution >= 4 is 0 Å². The first-order valence-corrected chi connectivity index (χ1v) is 5.99. The quantitative estimate of drug-likeness (QED) is 0.656. The highest BCUT2D eigenvalue weighted by atomic mass is 14.9. The highest BCUT2D eigenvalue weighted by Gasteiger charge is 2.30. The molecule has 1 nitrogen and oxygen atoms in total. The van der Waals surface area contributed by atoms with Crippen molar-refractivity contribution in [1.29, 1.82) is 0 Å². The zero-order valence-corrected chi connectivity index (χ0v) is 9.05. The molecule has 2 aliphatic rings. The summed E-state index contributed by atoms with van der Waals surface area (Å²) in [5, 5.41) is 3.58. The molecule has 76 valence electrons. The summed E-state index contributed by atoms with van der Waals surface area (Å²) in [4.78, 5) is 0. The van der Waals surface area contributed by atoms with Gasteiger partial charge in [-0.25, -0.2) is 0 Å². The highest BCUT2D eigenvalue weighted by molar-refractivity contribution is 4.85. The number of hydrogen-bond donors (Lipinski definition) is 1. The van der Waals surface area contributed by atoms with Gasteiger partial charge in [-0.05, 0) is 50.5 Å². The maximum absolute atomic E-state index is 3.58. The molecule has 2 fully saturated rings. The zero-order chi connectivity index (χ0) is 9.26. The van der Waals surface area contributed by atoms with Crippen LogP contribution in [-0.4, -0.2) is 12.6 Å². The lowest BCUT2D eigenvalue weighted by molar-refractivity contribution is 0.221. The minimum absolute atomic E-state index is 0.782. The van der Waals surface area contributed by atoms with E-state index in [9.17, 15) is 0 Å². The standard InChI is InChI=1S/C12H23N/c1-9-3-5-11(6-4-9)12-7-10(2)13-8-12/h9-13H,3-8H2,1-2H3. The topological polar surface area (TPSA) is 12.0 Å². The lowest BCUT2D eigenvalue weighted by atomic mass is 9.76. The summed E-state index contributed by atoms with van der Waals surface area (Å²) in [5.74, 6) is 3.05. The van der Waals surface area contributed by atoms with E-state index in [0.717, 1.165) is 23.8 Å². The maximum atomic E-state index is 3.58. The van der Waals surface area contributed by atoms with E-state index in [0.29, 0.717) is 0 Å². The Labute approximate surface area is 82.3 Å². The monoisotopic (exact) mass is 181 g/mol. The van der Waals surface area contributed by atoms with Crippen LogP contribution in [0.5, 0.6) is 0 Å². The second-order valence-electron chi connectivity index (χ2n) is 5.33. The van der Waals surface area contributed by atoms with Crippen molar-refractivity contribution < 1.29 is 0 Å². The SMILES string of the molecule is CC1CCC(C2CNC(C)C2)CC1. The van der Waals surface area contributed by atoms with Gasteiger partial charge in [0.2, 0.25) is 0 Å². The lowest BCUT2D eigenvalue weighted by Crippen LogP contribution is -2.22. The molecule has 1 aliphatic heterocycles. The first kappa shape index (κ1) is 9.51. The van der Waals surface area contributed by atoms with Gasteiger partial charge in [-0.3, -0.25) is 0 Å². The van der Waals surface area contributed by atoms with E-state index in [1.807, 2.05) is 0 Å². The fourth-order valence-corrected chi connectivity index (χ4v) is 3.09. The largest absolute Gasteiger partial charge is 0.314 e. The third-order valence-electron chi connectivity index (χ3n) is 4.11. The van der Waals surface area contributed by atoms with Gasteiger partial charge < -0.3 is 5.32 Å².